The molecule has 70 heavy (non-hydrogen) atoms. The second kappa shape index (κ2) is 20.7. The topological polar surface area (TPSA) is 225 Å². The van der Waals surface area contributed by atoms with E-state index < -0.39 is 23.6 Å². The van der Waals surface area contributed by atoms with E-state index in [-0.39, 0.29) is 83.9 Å². The molecule has 1 aliphatic heterocycles. The van der Waals surface area contributed by atoms with E-state index in [1.54, 1.807) is 67.8 Å². The number of aromatic hydroxyl groups is 1. The number of pyridine rings is 1. The monoisotopic (exact) mass is 966 g/mol. The highest BCUT2D eigenvalue weighted by atomic mass is 32.2. The summed E-state index contributed by atoms with van der Waals surface area (Å²) in [6, 6.07) is 25.5. The number of fused-ring (bicyclic) bond motifs is 3. The van der Waals surface area contributed by atoms with E-state index >= 15 is 8.78 Å². The zero-order chi connectivity index (χ0) is 48.7. The number of nitrogens with zero attached hydrogens (tertiary/aromatic N) is 5. The lowest BCUT2D eigenvalue weighted by molar-refractivity contribution is 0.0697. The van der Waals surface area contributed by atoms with E-state index in [2.05, 4.69) is 25.3 Å². The number of carboxylic acid groups (broad SMARTS) is 1. The number of amides is 2. The minimum absolute atomic E-state index is 0.0710. The average molecular weight is 967 g/mol. The molecule has 1 aliphatic carbocycles. The molecule has 0 fully saturated rings. The first-order valence-corrected chi connectivity index (χ1v) is 22.6. The third kappa shape index (κ3) is 10.3. The van der Waals surface area contributed by atoms with Crippen molar-refractivity contribution in [2.24, 2.45) is 0 Å². The molecular weight excluding hydrogens is 927 g/mol. The van der Waals surface area contributed by atoms with Gasteiger partial charge in [-0.1, -0.05) is 24.3 Å². The fourth-order valence-electron chi connectivity index (χ4n) is 7.65. The van der Waals surface area contributed by atoms with E-state index in [1.165, 1.54) is 41.2 Å². The van der Waals surface area contributed by atoms with Crippen LogP contribution in [0.3, 0.4) is 0 Å². The Morgan fingerprint density at radius 3 is 2.46 bits per heavy atom. The Bertz CT molecular complexity index is 3410. The van der Waals surface area contributed by atoms with Crippen LogP contribution in [0.25, 0.3) is 55.8 Å². The molecule has 0 spiro atoms. The molecule has 0 unspecified atom stereocenters. The second-order valence-electron chi connectivity index (χ2n) is 15.3. The van der Waals surface area contributed by atoms with Crippen LogP contribution in [-0.2, 0) is 11.3 Å². The quantitative estimate of drug-likeness (QED) is 0.0307. The number of urea groups is 1. The number of hydrogen-bond acceptors (Lipinski definition) is 14. The number of rotatable bonds is 18. The van der Waals surface area contributed by atoms with Crippen LogP contribution in [0, 0.1) is 11.6 Å². The van der Waals surface area contributed by atoms with Crippen molar-refractivity contribution in [1.82, 2.24) is 29.5 Å². The SMILES string of the molecule is CCOc1cc(F)c(Cn2nc(-c3ncc(OCCOCCSNC(=O)Nc4ccc(-c5c6ccc(=O)cc-6oc6cc(O)ccc56)c(C(=O)O)c4)c(Nc4ccncc4)n3)c3ccccc32)c(F)c1. The summed E-state index contributed by atoms with van der Waals surface area (Å²) in [5.74, 6) is -1.33. The molecule has 3 aromatic heterocycles. The van der Waals surface area contributed by atoms with Crippen LogP contribution in [0.4, 0.5) is 30.8 Å². The minimum Gasteiger partial charge on any atom is -0.508 e. The molecule has 4 heterocycles. The van der Waals surface area contributed by atoms with Gasteiger partial charge in [0.1, 0.15) is 46.8 Å². The Balaban J connectivity index is 0.812. The zero-order valence-corrected chi connectivity index (χ0v) is 37.8. The summed E-state index contributed by atoms with van der Waals surface area (Å²) < 4.78 is 57.4. The molecule has 0 atom stereocenters. The summed E-state index contributed by atoms with van der Waals surface area (Å²) >= 11 is 1.07. The van der Waals surface area contributed by atoms with Crippen molar-refractivity contribution in [3.63, 3.8) is 0 Å². The Labute approximate surface area is 400 Å². The molecule has 0 saturated carbocycles. The number of carboxylic acids is 1. The zero-order valence-electron chi connectivity index (χ0n) is 36.9. The van der Waals surface area contributed by atoms with Gasteiger partial charge in [-0.15, -0.1) is 0 Å². The summed E-state index contributed by atoms with van der Waals surface area (Å²) in [4.78, 5) is 51.0. The number of carbonyl (C=O) groups is 2. The number of halogens is 2. The standard InChI is InChI=1S/C50H40F2N8O9S/c1-2-67-32-24-39(51)38(40(52)25-32)27-60-41-6-4-3-5-34(41)46(58-60)48-54-26-44(47(57-48)55-28-13-15-53-16-14-28)68-18-17-66-19-20-70-59-50(65)56-29-7-10-33(37(21-29)49(63)64)45-35-11-8-30(61)22-42(35)69-43-23-31(62)9-12-36(43)45/h3-16,21-26,61H,2,17-20,27H2,1H3,(H,63,64)(H2,56,59,65)(H,53,54,55,57). The number of carbonyl (C=O) groups excluding carboxylic acids is 1. The van der Waals surface area contributed by atoms with Crippen LogP contribution < -0.4 is 30.3 Å². The highest BCUT2D eigenvalue weighted by Gasteiger charge is 2.24. The van der Waals surface area contributed by atoms with Crippen LogP contribution in [0.2, 0.25) is 0 Å². The Morgan fingerprint density at radius 1 is 0.857 bits per heavy atom. The number of benzene rings is 5. The third-order valence-corrected chi connectivity index (χ3v) is 11.4. The number of aromatic carboxylic acids is 1. The molecule has 0 radical (unpaired) electrons. The van der Waals surface area contributed by atoms with E-state index in [9.17, 15) is 24.6 Å². The van der Waals surface area contributed by atoms with Gasteiger partial charge in [-0.2, -0.15) is 5.10 Å². The molecule has 4 aromatic carbocycles. The Morgan fingerprint density at radius 2 is 1.66 bits per heavy atom. The Hall–Kier alpha value is -8.62. The number of para-hydroxylation sites is 1. The van der Waals surface area contributed by atoms with Gasteiger partial charge in [0, 0.05) is 81.2 Å². The lowest BCUT2D eigenvalue weighted by atomic mass is 9.90. The van der Waals surface area contributed by atoms with E-state index in [0.717, 1.165) is 24.1 Å². The van der Waals surface area contributed by atoms with Gasteiger partial charge >= 0.3 is 12.0 Å². The van der Waals surface area contributed by atoms with E-state index in [4.69, 9.17) is 28.7 Å². The summed E-state index contributed by atoms with van der Waals surface area (Å²) in [6.45, 7) is 2.30. The van der Waals surface area contributed by atoms with Crippen molar-refractivity contribution in [2.75, 3.05) is 42.8 Å². The number of hydrogen-bond donors (Lipinski definition) is 5. The maximum Gasteiger partial charge on any atom is 0.336 e. The predicted molar refractivity (Wildman–Crippen MR) is 259 cm³/mol. The van der Waals surface area contributed by atoms with Crippen molar-refractivity contribution < 1.29 is 47.2 Å². The summed E-state index contributed by atoms with van der Waals surface area (Å²) in [6.07, 6.45) is 4.73. The first-order chi connectivity index (χ1) is 34.0. The first kappa shape index (κ1) is 46.5. The van der Waals surface area contributed by atoms with Crippen molar-refractivity contribution >= 4 is 63.0 Å². The number of nitrogens with one attached hydrogen (secondary N) is 3. The number of ether oxygens (including phenoxy) is 3. The molecule has 5 N–H and O–H groups in total. The number of aromatic nitrogens is 5. The van der Waals surface area contributed by atoms with Gasteiger partial charge in [-0.25, -0.2) is 28.3 Å². The van der Waals surface area contributed by atoms with Gasteiger partial charge in [0.15, 0.2) is 22.8 Å². The van der Waals surface area contributed by atoms with Crippen LogP contribution >= 0.6 is 11.9 Å². The fraction of sp³-hybridized carbons (Fsp3) is 0.140. The van der Waals surface area contributed by atoms with Gasteiger partial charge in [0.2, 0.25) is 0 Å². The van der Waals surface area contributed by atoms with Crippen LogP contribution in [0.15, 0.2) is 131 Å². The van der Waals surface area contributed by atoms with Crippen molar-refractivity contribution in [1.29, 1.82) is 0 Å². The maximum atomic E-state index is 15.1. The predicted octanol–water partition coefficient (Wildman–Crippen LogP) is 9.50. The third-order valence-electron chi connectivity index (χ3n) is 10.7. The molecule has 7 aromatic rings. The largest absolute Gasteiger partial charge is 0.508 e. The lowest BCUT2D eigenvalue weighted by Gasteiger charge is -2.17. The van der Waals surface area contributed by atoms with Gasteiger partial charge < -0.3 is 39.5 Å². The normalized spacial score (nSPS) is 11.2. The van der Waals surface area contributed by atoms with Crippen LogP contribution in [-0.4, -0.2) is 79.1 Å². The average Bonchev–Trinajstić information content (AvgIpc) is 3.71. The number of phenolic OH excluding ortho intramolecular Hbond substituents is 1. The molecule has 20 heteroatoms. The van der Waals surface area contributed by atoms with Crippen molar-refractivity contribution in [2.45, 2.75) is 13.5 Å². The van der Waals surface area contributed by atoms with Crippen molar-refractivity contribution in [3.05, 3.63) is 155 Å². The molecule has 354 valence electrons. The van der Waals surface area contributed by atoms with Gasteiger partial charge in [0.05, 0.1) is 43.6 Å². The second-order valence-corrected chi connectivity index (χ2v) is 16.2. The molecule has 17 nitrogen and oxygen atoms in total. The number of anilines is 3. The molecular formula is C50H40F2N8O9S. The number of phenols is 1. The summed E-state index contributed by atoms with van der Waals surface area (Å²) in [7, 11) is 0. The molecule has 0 saturated heterocycles. The van der Waals surface area contributed by atoms with Crippen LogP contribution in [0.5, 0.6) is 17.2 Å². The van der Waals surface area contributed by atoms with E-state index in [1.807, 2.05) is 12.1 Å². The fourth-order valence-corrected chi connectivity index (χ4v) is 8.13. The van der Waals surface area contributed by atoms with Gasteiger partial charge in [-0.05, 0) is 79.0 Å². The first-order valence-electron chi connectivity index (χ1n) is 21.6. The minimum atomic E-state index is -1.25. The van der Waals surface area contributed by atoms with E-state index in [0.29, 0.717) is 61.7 Å². The Kier molecular flexibility index (Phi) is 13.8. The lowest BCUT2D eigenvalue weighted by Crippen LogP contribution is -2.24. The summed E-state index contributed by atoms with van der Waals surface area (Å²) in [5.41, 5.74) is 2.79. The van der Waals surface area contributed by atoms with Gasteiger partial charge in [-0.3, -0.25) is 19.2 Å². The molecule has 9 rings (SSSR count). The van der Waals surface area contributed by atoms with Crippen molar-refractivity contribution in [3.8, 4) is 51.2 Å². The highest BCUT2D eigenvalue weighted by Crippen LogP contribution is 2.42. The molecule has 2 aliphatic rings. The summed E-state index contributed by atoms with van der Waals surface area (Å²) in [5, 5.41) is 32.1. The highest BCUT2D eigenvalue weighted by molar-refractivity contribution is 7.97. The molecule has 0 bridgehead atoms. The van der Waals surface area contributed by atoms with Crippen LogP contribution in [0.1, 0.15) is 22.8 Å². The van der Waals surface area contributed by atoms with Gasteiger partial charge in [0.25, 0.3) is 0 Å². The smallest absolute Gasteiger partial charge is 0.336 e. The molecule has 2 amide bonds. The maximum absolute atomic E-state index is 15.1.